The molecular formula is C62H111N11O14. The number of aliphatic hydroxyl groups is 2. The molecular weight excluding hydrogens is 1120 g/mol. The highest BCUT2D eigenvalue weighted by Gasteiger charge is 2.43. The van der Waals surface area contributed by atoms with Gasteiger partial charge in [-0.15, -0.1) is 0 Å². The number of carbonyl (C=O) groups is 11. The van der Waals surface area contributed by atoms with E-state index in [-0.39, 0.29) is 86.9 Å². The van der Waals surface area contributed by atoms with E-state index in [1.165, 1.54) is 52.5 Å². The molecule has 1 aliphatic rings. The Hall–Kier alpha value is -6.05. The van der Waals surface area contributed by atoms with Crippen LogP contribution in [0.15, 0.2) is 12.2 Å². The molecule has 11 atom stereocenters. The van der Waals surface area contributed by atoms with Crippen LogP contribution in [-0.4, -0.2) is 194 Å². The Morgan fingerprint density at radius 1 is 0.644 bits per heavy atom. The molecule has 1 aliphatic heterocycles. The fourth-order valence-corrected chi connectivity index (χ4v) is 9.79. The molecule has 0 aromatic heterocycles. The zero-order valence-corrected chi connectivity index (χ0v) is 55.9. The van der Waals surface area contributed by atoms with Crippen molar-refractivity contribution < 1.29 is 68.2 Å². The molecule has 10 amide bonds. The molecule has 0 aromatic carbocycles. The summed E-state index contributed by atoms with van der Waals surface area (Å²) < 4.78 is 0. The summed E-state index contributed by atoms with van der Waals surface area (Å²) >= 11 is 0. The van der Waals surface area contributed by atoms with Gasteiger partial charge in [0.1, 0.15) is 52.6 Å². The number of rotatable bonds is 37. The highest BCUT2D eigenvalue weighted by Crippen LogP contribution is 2.25. The van der Waals surface area contributed by atoms with Crippen molar-refractivity contribution >= 4 is 64.9 Å². The number of ketones is 1. The SMILES string of the molecule is CCC(=O)CC(O)CC(C)CC(NC(=O)C1CC(C)CN1C(=O)C=CC(C)CC)C(=O)NC(C(=O)NC(C)(C)C(=O)NC(CC(C)C)C(=O)NC(CC(C)C)C(=O)NC(C)(C)C(=O)NC(C)(C)C(=O)NCCC(=O)N(O)C(C)CN(C)C)C(O)C(C)C. The van der Waals surface area contributed by atoms with Gasteiger partial charge < -0.3 is 62.5 Å². The summed E-state index contributed by atoms with van der Waals surface area (Å²) in [5.41, 5.74) is -5.03. The first-order valence-corrected chi connectivity index (χ1v) is 31.0. The quantitative estimate of drug-likeness (QED) is 0.0242. The van der Waals surface area contributed by atoms with Crippen LogP contribution >= 0.6 is 0 Å². The lowest BCUT2D eigenvalue weighted by Gasteiger charge is -2.34. The number of Topliss-reactive ketones (excluding diaryl/α,β-unsaturated/α-hetero) is 1. The molecule has 11 unspecified atom stereocenters. The minimum atomic E-state index is -1.84. The molecule has 0 spiro atoms. The second kappa shape index (κ2) is 35.8. The molecule has 0 aromatic rings. The number of hydrogen-bond acceptors (Lipinski definition) is 15. The highest BCUT2D eigenvalue weighted by molar-refractivity contribution is 6.00. The van der Waals surface area contributed by atoms with Crippen LogP contribution in [0.25, 0.3) is 0 Å². The van der Waals surface area contributed by atoms with Crippen molar-refractivity contribution in [1.29, 1.82) is 0 Å². The molecule has 1 rings (SSSR count). The Morgan fingerprint density at radius 2 is 1.16 bits per heavy atom. The van der Waals surface area contributed by atoms with E-state index in [0.717, 1.165) is 6.42 Å². The first kappa shape index (κ1) is 79.0. The van der Waals surface area contributed by atoms with Gasteiger partial charge in [0, 0.05) is 38.9 Å². The van der Waals surface area contributed by atoms with Gasteiger partial charge >= 0.3 is 0 Å². The van der Waals surface area contributed by atoms with Gasteiger partial charge in [-0.2, -0.15) is 0 Å². The van der Waals surface area contributed by atoms with E-state index < -0.39 is 130 Å². The first-order valence-electron chi connectivity index (χ1n) is 31.0. The van der Waals surface area contributed by atoms with E-state index in [1.807, 2.05) is 34.6 Å². The van der Waals surface area contributed by atoms with Crippen molar-refractivity contribution in [3.63, 3.8) is 0 Å². The van der Waals surface area contributed by atoms with E-state index in [9.17, 15) is 68.2 Å². The van der Waals surface area contributed by atoms with Crippen LogP contribution in [0.1, 0.15) is 182 Å². The number of likely N-dealkylation sites (tertiary alicyclic amines) is 1. The van der Waals surface area contributed by atoms with Crippen LogP contribution in [0.2, 0.25) is 0 Å². The fourth-order valence-electron chi connectivity index (χ4n) is 9.79. The molecule has 0 aliphatic carbocycles. The number of likely N-dealkylation sites (N-methyl/N-ethyl adjacent to an activating group) is 1. The van der Waals surface area contributed by atoms with Gasteiger partial charge in [-0.05, 0) is 136 Å². The maximum atomic E-state index is 14.6. The predicted molar refractivity (Wildman–Crippen MR) is 331 cm³/mol. The van der Waals surface area contributed by atoms with Crippen molar-refractivity contribution in [1.82, 2.24) is 57.4 Å². The van der Waals surface area contributed by atoms with Gasteiger partial charge in [-0.1, -0.05) is 88.7 Å². The standard InChI is InChI=1S/C62H111N11O14/c1-21-38(9)23-24-48(76)72-33-40(11)31-47(72)55(82)65-46(30-39(10)29-43(75)32-42(74)22-2)53(80)67-50(51(78)37(7)8)56(83)69-61(15,16)58(85)66-44(27-35(3)4)52(79)64-45(28-36(5)6)54(81)68-62(17,18)59(86)70-60(13,14)57(84)63-26-25-49(77)73(87)41(12)34-71(19)20/h23-24,35-41,43-47,50-51,75,78,87H,21-22,25-34H2,1-20H3,(H,63,84)(H,64,79)(H,65,82)(H,66,85)(H,67,80)(H,68,81)(H,69,83)(H,70,86). The summed E-state index contributed by atoms with van der Waals surface area (Å²) in [7, 11) is 3.59. The Morgan fingerprint density at radius 3 is 1.69 bits per heavy atom. The minimum Gasteiger partial charge on any atom is -0.393 e. The fraction of sp³-hybridized carbons (Fsp3) is 0.790. The lowest BCUT2D eigenvalue weighted by atomic mass is 9.92. The second-order valence-electron chi connectivity index (χ2n) is 27.2. The Kier molecular flexibility index (Phi) is 32.5. The summed E-state index contributed by atoms with van der Waals surface area (Å²) in [6.07, 6.45) is 1.77. The molecule has 1 heterocycles. The summed E-state index contributed by atoms with van der Waals surface area (Å²) in [5.74, 6) is -8.84. The van der Waals surface area contributed by atoms with Crippen LogP contribution in [0.5, 0.6) is 0 Å². The zero-order valence-electron chi connectivity index (χ0n) is 55.9. The largest absolute Gasteiger partial charge is 0.393 e. The molecule has 87 heavy (non-hydrogen) atoms. The number of aliphatic hydroxyl groups excluding tert-OH is 2. The average molecular weight is 1230 g/mol. The molecule has 25 heteroatoms. The second-order valence-corrected chi connectivity index (χ2v) is 27.2. The lowest BCUT2D eigenvalue weighted by Crippen LogP contribution is -2.66. The van der Waals surface area contributed by atoms with Gasteiger partial charge in [-0.25, -0.2) is 5.06 Å². The molecule has 25 nitrogen and oxygen atoms in total. The van der Waals surface area contributed by atoms with Crippen molar-refractivity contribution in [3.8, 4) is 0 Å². The predicted octanol–water partition coefficient (Wildman–Crippen LogP) is 2.38. The minimum absolute atomic E-state index is 0.0534. The molecule has 1 fully saturated rings. The van der Waals surface area contributed by atoms with Crippen molar-refractivity contribution in [2.75, 3.05) is 33.7 Å². The van der Waals surface area contributed by atoms with Crippen LogP contribution < -0.4 is 42.5 Å². The van der Waals surface area contributed by atoms with Crippen LogP contribution in [0.4, 0.5) is 0 Å². The summed E-state index contributed by atoms with van der Waals surface area (Å²) in [6.45, 7) is 30.3. The number of amides is 10. The topological polar surface area (TPSA) is 354 Å². The maximum Gasteiger partial charge on any atom is 0.247 e. The molecule has 0 saturated carbocycles. The van der Waals surface area contributed by atoms with Crippen LogP contribution in [0.3, 0.4) is 0 Å². The van der Waals surface area contributed by atoms with Gasteiger partial charge in [-0.3, -0.25) is 57.9 Å². The third kappa shape index (κ3) is 27.1. The molecule has 11 N–H and O–H groups in total. The number of carbonyl (C=O) groups excluding carboxylic acids is 11. The Balaban J connectivity index is 3.44. The van der Waals surface area contributed by atoms with Crippen LogP contribution in [-0.2, 0) is 52.7 Å². The molecule has 1 saturated heterocycles. The first-order chi connectivity index (χ1) is 40.0. The van der Waals surface area contributed by atoms with Crippen molar-refractivity contribution in [2.45, 2.75) is 247 Å². The van der Waals surface area contributed by atoms with Gasteiger partial charge in [0.15, 0.2) is 0 Å². The highest BCUT2D eigenvalue weighted by atomic mass is 16.5. The smallest absolute Gasteiger partial charge is 0.247 e. The number of allylic oxidation sites excluding steroid dienone is 1. The Bertz CT molecular complexity index is 2380. The summed E-state index contributed by atoms with van der Waals surface area (Å²) in [5, 5.41) is 54.6. The van der Waals surface area contributed by atoms with E-state index >= 15 is 0 Å². The number of hydroxylamine groups is 2. The van der Waals surface area contributed by atoms with E-state index in [1.54, 1.807) is 73.5 Å². The summed E-state index contributed by atoms with van der Waals surface area (Å²) in [6, 6.07) is -7.06. The van der Waals surface area contributed by atoms with Crippen molar-refractivity contribution in [3.05, 3.63) is 12.2 Å². The van der Waals surface area contributed by atoms with Gasteiger partial charge in [0.2, 0.25) is 59.1 Å². The Labute approximate surface area is 517 Å². The molecule has 0 bridgehead atoms. The third-order valence-electron chi connectivity index (χ3n) is 15.3. The maximum absolute atomic E-state index is 14.6. The lowest BCUT2D eigenvalue weighted by molar-refractivity contribution is -0.175. The van der Waals surface area contributed by atoms with Crippen LogP contribution in [0, 0.1) is 35.5 Å². The van der Waals surface area contributed by atoms with Gasteiger partial charge in [0.05, 0.1) is 18.2 Å². The normalized spacial score (nSPS) is 17.9. The van der Waals surface area contributed by atoms with E-state index in [2.05, 4.69) is 42.5 Å². The number of nitrogens with one attached hydrogen (secondary N) is 8. The van der Waals surface area contributed by atoms with Crippen molar-refractivity contribution in [2.24, 2.45) is 35.5 Å². The average Bonchev–Trinajstić information content (AvgIpc) is 2.22. The monoisotopic (exact) mass is 1230 g/mol. The van der Waals surface area contributed by atoms with E-state index in [4.69, 9.17) is 0 Å². The molecule has 498 valence electrons. The zero-order chi connectivity index (χ0) is 67.2. The third-order valence-corrected chi connectivity index (χ3v) is 15.3. The molecule has 0 radical (unpaired) electrons. The number of hydrogen-bond donors (Lipinski definition) is 11. The summed E-state index contributed by atoms with van der Waals surface area (Å²) in [4.78, 5) is 154. The number of nitrogens with zero attached hydrogens (tertiary/aromatic N) is 3. The van der Waals surface area contributed by atoms with E-state index in [0.29, 0.717) is 24.6 Å². The van der Waals surface area contributed by atoms with Gasteiger partial charge in [0.25, 0.3) is 0 Å².